The van der Waals surface area contributed by atoms with Crippen LogP contribution in [-0.2, 0) is 9.59 Å². The summed E-state index contributed by atoms with van der Waals surface area (Å²) in [6.45, 7) is 0. The van der Waals surface area contributed by atoms with E-state index in [1.54, 1.807) is 25.3 Å². The van der Waals surface area contributed by atoms with Crippen molar-refractivity contribution in [1.82, 2.24) is 10.2 Å². The lowest BCUT2D eigenvalue weighted by Gasteiger charge is -2.02. The third-order valence-corrected chi connectivity index (χ3v) is 2.82. The van der Waals surface area contributed by atoms with E-state index in [1.165, 1.54) is 0 Å². The molecule has 1 heterocycles. The Kier molecular flexibility index (Phi) is 4.19. The Bertz CT molecular complexity index is 636. The molecule has 3 N–H and O–H groups in total. The van der Waals surface area contributed by atoms with E-state index in [1.807, 2.05) is 0 Å². The number of nitrogens with zero attached hydrogens (tertiary/aromatic N) is 1. The van der Waals surface area contributed by atoms with Gasteiger partial charge >= 0.3 is 5.97 Å². The molecule has 0 saturated carbocycles. The van der Waals surface area contributed by atoms with E-state index in [4.69, 9.17) is 9.84 Å². The lowest BCUT2D eigenvalue weighted by Crippen LogP contribution is -2.12. The van der Waals surface area contributed by atoms with E-state index in [9.17, 15) is 9.59 Å². The number of H-pyrrole nitrogens is 1. The first kappa shape index (κ1) is 13.9. The van der Waals surface area contributed by atoms with Crippen molar-refractivity contribution in [1.29, 1.82) is 0 Å². The maximum Gasteiger partial charge on any atom is 0.303 e. The molecule has 0 unspecified atom stereocenters. The Balaban J connectivity index is 2.02. The number of carbonyl (C=O) groups is 2. The summed E-state index contributed by atoms with van der Waals surface area (Å²) < 4.78 is 5.10. The molecule has 0 atom stereocenters. The zero-order chi connectivity index (χ0) is 14.5. The number of carboxylic acid groups (broad SMARTS) is 1. The van der Waals surface area contributed by atoms with Gasteiger partial charge < -0.3 is 15.2 Å². The summed E-state index contributed by atoms with van der Waals surface area (Å²) in [5.41, 5.74) is 0.755. The minimum Gasteiger partial charge on any atom is -0.497 e. The van der Waals surface area contributed by atoms with Crippen LogP contribution in [0.15, 0.2) is 18.2 Å². The molecular weight excluding hydrogens is 262 g/mol. The minimum atomic E-state index is -0.907. The molecule has 0 fully saturated rings. The molecule has 2 rings (SSSR count). The van der Waals surface area contributed by atoms with E-state index >= 15 is 0 Å². The van der Waals surface area contributed by atoms with E-state index in [-0.39, 0.29) is 18.7 Å². The average molecular weight is 277 g/mol. The highest BCUT2D eigenvalue weighted by Gasteiger charge is 2.10. The van der Waals surface area contributed by atoms with Gasteiger partial charge in [-0.3, -0.25) is 14.7 Å². The smallest absolute Gasteiger partial charge is 0.303 e. The van der Waals surface area contributed by atoms with Gasteiger partial charge in [0.2, 0.25) is 5.91 Å². The number of methoxy groups -OCH3 is 1. The number of anilines is 1. The number of carboxylic acids is 1. The van der Waals surface area contributed by atoms with Crippen LogP contribution in [0.5, 0.6) is 5.75 Å². The van der Waals surface area contributed by atoms with Crippen molar-refractivity contribution < 1.29 is 19.4 Å². The monoisotopic (exact) mass is 277 g/mol. The predicted octanol–water partition coefficient (Wildman–Crippen LogP) is 1.76. The van der Waals surface area contributed by atoms with Gasteiger partial charge in [0.05, 0.1) is 12.6 Å². The van der Waals surface area contributed by atoms with Gasteiger partial charge in [-0.15, -0.1) is 0 Å². The second-order valence-corrected chi connectivity index (χ2v) is 4.28. The molecule has 0 aliphatic rings. The number of benzene rings is 1. The first-order valence-corrected chi connectivity index (χ1v) is 6.14. The summed E-state index contributed by atoms with van der Waals surface area (Å²) in [6.07, 6.45) is 0.431. The maximum absolute atomic E-state index is 11.7. The number of hydrogen-bond donors (Lipinski definition) is 3. The van der Waals surface area contributed by atoms with E-state index in [2.05, 4.69) is 15.5 Å². The van der Waals surface area contributed by atoms with Crippen molar-refractivity contribution in [3.8, 4) is 5.75 Å². The minimum absolute atomic E-state index is 0.0219. The fourth-order valence-corrected chi connectivity index (χ4v) is 1.82. The van der Waals surface area contributed by atoms with Crippen LogP contribution < -0.4 is 10.1 Å². The molecular formula is C13H15N3O4. The molecule has 1 aromatic carbocycles. The fraction of sp³-hybridized carbons (Fsp3) is 0.308. The molecule has 0 radical (unpaired) electrons. The lowest BCUT2D eigenvalue weighted by molar-refractivity contribution is -0.137. The van der Waals surface area contributed by atoms with Crippen molar-refractivity contribution in [2.24, 2.45) is 0 Å². The Labute approximate surface area is 114 Å². The summed E-state index contributed by atoms with van der Waals surface area (Å²) in [7, 11) is 1.57. The van der Waals surface area contributed by atoms with Gasteiger partial charge in [-0.05, 0) is 18.6 Å². The highest BCUT2D eigenvalue weighted by molar-refractivity contribution is 5.99. The van der Waals surface area contributed by atoms with Gasteiger partial charge in [-0.25, -0.2) is 0 Å². The number of amides is 1. The van der Waals surface area contributed by atoms with Crippen molar-refractivity contribution in [2.75, 3.05) is 12.4 Å². The summed E-state index contributed by atoms with van der Waals surface area (Å²) >= 11 is 0. The molecule has 7 heteroatoms. The van der Waals surface area contributed by atoms with Crippen molar-refractivity contribution in [3.63, 3.8) is 0 Å². The topological polar surface area (TPSA) is 104 Å². The first-order chi connectivity index (χ1) is 9.60. The number of aromatic amines is 1. The van der Waals surface area contributed by atoms with Gasteiger partial charge in [0, 0.05) is 24.3 Å². The zero-order valence-electron chi connectivity index (χ0n) is 11.0. The summed E-state index contributed by atoms with van der Waals surface area (Å²) in [6, 6.07) is 5.35. The Hall–Kier alpha value is -2.57. The highest BCUT2D eigenvalue weighted by Crippen LogP contribution is 2.24. The van der Waals surface area contributed by atoms with Crippen LogP contribution in [0.4, 0.5) is 5.82 Å². The highest BCUT2D eigenvalue weighted by atomic mass is 16.5. The van der Waals surface area contributed by atoms with Crippen LogP contribution in [0.25, 0.3) is 10.9 Å². The van der Waals surface area contributed by atoms with Gasteiger partial charge in [0.25, 0.3) is 0 Å². The quantitative estimate of drug-likeness (QED) is 0.746. The van der Waals surface area contributed by atoms with Crippen LogP contribution in [-0.4, -0.2) is 34.3 Å². The van der Waals surface area contributed by atoms with E-state index in [0.29, 0.717) is 18.0 Å². The molecule has 106 valence electrons. The van der Waals surface area contributed by atoms with Crippen LogP contribution in [0.1, 0.15) is 19.3 Å². The third kappa shape index (κ3) is 3.25. The molecule has 0 spiro atoms. The molecule has 0 aliphatic carbocycles. The molecule has 1 amide bonds. The molecule has 0 bridgehead atoms. The molecule has 0 saturated heterocycles. The molecule has 0 aliphatic heterocycles. The third-order valence-electron chi connectivity index (χ3n) is 2.82. The number of ether oxygens (including phenoxy) is 1. The number of aromatic nitrogens is 2. The molecule has 1 aromatic heterocycles. The van der Waals surface area contributed by atoms with Gasteiger partial charge in [0.1, 0.15) is 5.75 Å². The van der Waals surface area contributed by atoms with Crippen molar-refractivity contribution >= 4 is 28.6 Å². The first-order valence-electron chi connectivity index (χ1n) is 6.14. The number of hydrogen-bond acceptors (Lipinski definition) is 4. The number of fused-ring (bicyclic) bond motifs is 1. The second kappa shape index (κ2) is 6.05. The Morgan fingerprint density at radius 1 is 1.40 bits per heavy atom. The van der Waals surface area contributed by atoms with Crippen molar-refractivity contribution in [3.05, 3.63) is 18.2 Å². The predicted molar refractivity (Wildman–Crippen MR) is 72.8 cm³/mol. The largest absolute Gasteiger partial charge is 0.497 e. The molecule has 20 heavy (non-hydrogen) atoms. The van der Waals surface area contributed by atoms with E-state index < -0.39 is 5.97 Å². The fourth-order valence-electron chi connectivity index (χ4n) is 1.82. The lowest BCUT2D eigenvalue weighted by atomic mass is 10.2. The standard InChI is InChI=1S/C13H15N3O4/c1-20-8-5-6-9-10(7-8)15-16-13(9)14-11(17)3-2-4-12(18)19/h5-7H,2-4H2,1H3,(H,18,19)(H2,14,15,16,17). The molecule has 7 nitrogen and oxygen atoms in total. The van der Waals surface area contributed by atoms with E-state index in [0.717, 1.165) is 10.9 Å². The number of carbonyl (C=O) groups excluding carboxylic acids is 1. The average Bonchev–Trinajstić information content (AvgIpc) is 2.80. The maximum atomic E-state index is 11.7. The van der Waals surface area contributed by atoms with Gasteiger partial charge in [0.15, 0.2) is 5.82 Å². The van der Waals surface area contributed by atoms with Crippen LogP contribution in [0.3, 0.4) is 0 Å². The molecule has 2 aromatic rings. The Morgan fingerprint density at radius 2 is 2.20 bits per heavy atom. The zero-order valence-corrected chi connectivity index (χ0v) is 11.0. The van der Waals surface area contributed by atoms with Gasteiger partial charge in [-0.2, -0.15) is 5.10 Å². The summed E-state index contributed by atoms with van der Waals surface area (Å²) in [5.74, 6) is -0.0333. The Morgan fingerprint density at radius 3 is 2.90 bits per heavy atom. The van der Waals surface area contributed by atoms with Crippen LogP contribution in [0, 0.1) is 0 Å². The van der Waals surface area contributed by atoms with Crippen molar-refractivity contribution in [2.45, 2.75) is 19.3 Å². The summed E-state index contributed by atoms with van der Waals surface area (Å²) in [5, 5.41) is 18.8. The number of rotatable bonds is 6. The second-order valence-electron chi connectivity index (χ2n) is 4.28. The number of aliphatic carboxylic acids is 1. The van der Waals surface area contributed by atoms with Crippen LogP contribution in [0.2, 0.25) is 0 Å². The SMILES string of the molecule is COc1ccc2c(NC(=O)CCCC(=O)O)n[nH]c2c1. The normalized spacial score (nSPS) is 10.4. The van der Waals surface area contributed by atoms with Gasteiger partial charge in [-0.1, -0.05) is 0 Å². The van der Waals surface area contributed by atoms with Crippen LogP contribution >= 0.6 is 0 Å². The summed E-state index contributed by atoms with van der Waals surface area (Å²) in [4.78, 5) is 22.0. The number of nitrogens with one attached hydrogen (secondary N) is 2.